The second-order valence-corrected chi connectivity index (χ2v) is 6.43. The lowest BCUT2D eigenvalue weighted by atomic mass is 10.0. The molecule has 0 unspecified atom stereocenters. The van der Waals surface area contributed by atoms with Gasteiger partial charge in [-0.15, -0.1) is 10.2 Å². The number of nitrogens with zero attached hydrogens (tertiary/aromatic N) is 6. The molecule has 5 rings (SSSR count). The second-order valence-electron chi connectivity index (χ2n) is 6.43. The molecule has 2 aromatic carbocycles. The van der Waals surface area contributed by atoms with Crippen LogP contribution in [0.15, 0.2) is 65.6 Å². The van der Waals surface area contributed by atoms with Crippen molar-refractivity contribution >= 4 is 16.7 Å². The highest BCUT2D eigenvalue weighted by atomic mass is 19.3. The molecule has 0 aliphatic carbocycles. The Labute approximate surface area is 168 Å². The molecule has 5 aromatic rings. The first-order valence-electron chi connectivity index (χ1n) is 8.86. The lowest BCUT2D eigenvalue weighted by Crippen LogP contribution is -2.00. The number of nitrogens with two attached hydrogens (primary N) is 1. The standard InChI is InChI=1S/C20H13F2N7O/c21-17(22)19-28-27-18(30-19)12-8-24-20(25-9-12)29-10-26-16-14(6-13(23)7-15(16)29)11-4-2-1-3-5-11/h1-10,17H,23H2. The molecule has 3 heterocycles. The van der Waals surface area contributed by atoms with E-state index in [1.54, 1.807) is 17.0 Å². The molecule has 148 valence electrons. The second kappa shape index (κ2) is 6.99. The Morgan fingerprint density at radius 1 is 0.933 bits per heavy atom. The van der Waals surface area contributed by atoms with Gasteiger partial charge in [-0.25, -0.2) is 15.0 Å². The van der Waals surface area contributed by atoms with Gasteiger partial charge in [-0.1, -0.05) is 30.3 Å². The van der Waals surface area contributed by atoms with Crippen molar-refractivity contribution in [3.63, 3.8) is 0 Å². The largest absolute Gasteiger partial charge is 0.415 e. The summed E-state index contributed by atoms with van der Waals surface area (Å²) in [4.78, 5) is 13.1. The molecule has 0 fully saturated rings. The minimum Gasteiger partial charge on any atom is -0.415 e. The van der Waals surface area contributed by atoms with E-state index in [0.29, 0.717) is 17.2 Å². The third-order valence-corrected chi connectivity index (χ3v) is 4.49. The molecule has 0 bridgehead atoms. The summed E-state index contributed by atoms with van der Waals surface area (Å²) in [5.41, 5.74) is 10.4. The number of aromatic nitrogens is 6. The van der Waals surface area contributed by atoms with E-state index >= 15 is 0 Å². The zero-order valence-corrected chi connectivity index (χ0v) is 15.3. The van der Waals surface area contributed by atoms with Crippen LogP contribution in [0.4, 0.5) is 14.5 Å². The van der Waals surface area contributed by atoms with Gasteiger partial charge in [0.1, 0.15) is 6.33 Å². The van der Waals surface area contributed by atoms with E-state index in [9.17, 15) is 8.78 Å². The first-order chi connectivity index (χ1) is 14.6. The van der Waals surface area contributed by atoms with Crippen molar-refractivity contribution < 1.29 is 13.2 Å². The number of benzene rings is 2. The van der Waals surface area contributed by atoms with Gasteiger partial charge in [0.15, 0.2) is 0 Å². The van der Waals surface area contributed by atoms with Crippen LogP contribution in [0.1, 0.15) is 12.3 Å². The van der Waals surface area contributed by atoms with E-state index in [2.05, 4.69) is 25.1 Å². The molecule has 2 N–H and O–H groups in total. The molecule has 8 nitrogen and oxygen atoms in total. The fourth-order valence-corrected chi connectivity index (χ4v) is 3.13. The van der Waals surface area contributed by atoms with Crippen LogP contribution in [-0.2, 0) is 0 Å². The van der Waals surface area contributed by atoms with Crippen molar-refractivity contribution in [3.05, 3.63) is 67.1 Å². The fourth-order valence-electron chi connectivity index (χ4n) is 3.13. The number of rotatable bonds is 4. The van der Waals surface area contributed by atoms with Crippen molar-refractivity contribution in [1.29, 1.82) is 0 Å². The van der Waals surface area contributed by atoms with Crippen molar-refractivity contribution in [2.24, 2.45) is 0 Å². The number of anilines is 1. The molecule has 0 saturated heterocycles. The summed E-state index contributed by atoms with van der Waals surface area (Å²) < 4.78 is 31.9. The highest BCUT2D eigenvalue weighted by Gasteiger charge is 2.18. The van der Waals surface area contributed by atoms with Crippen LogP contribution < -0.4 is 5.73 Å². The van der Waals surface area contributed by atoms with Gasteiger partial charge in [-0.2, -0.15) is 8.78 Å². The van der Waals surface area contributed by atoms with Gasteiger partial charge in [-0.3, -0.25) is 4.57 Å². The predicted molar refractivity (Wildman–Crippen MR) is 105 cm³/mol. The van der Waals surface area contributed by atoms with Crippen LogP contribution in [0.25, 0.3) is 39.6 Å². The third kappa shape index (κ3) is 3.04. The van der Waals surface area contributed by atoms with Gasteiger partial charge in [0.25, 0.3) is 11.8 Å². The lowest BCUT2D eigenvalue weighted by Gasteiger charge is -2.07. The van der Waals surface area contributed by atoms with Gasteiger partial charge >= 0.3 is 6.43 Å². The molecule has 0 atom stereocenters. The van der Waals surface area contributed by atoms with Gasteiger partial charge in [-0.05, 0) is 17.7 Å². The minimum atomic E-state index is -2.84. The Hall–Kier alpha value is -4.21. The number of hydrogen-bond donors (Lipinski definition) is 1. The van der Waals surface area contributed by atoms with Crippen molar-refractivity contribution in [2.75, 3.05) is 5.73 Å². The number of halogens is 2. The molecule has 0 aliphatic rings. The number of imidazole rings is 1. The lowest BCUT2D eigenvalue weighted by molar-refractivity contribution is 0.116. The Kier molecular flexibility index (Phi) is 4.16. The summed E-state index contributed by atoms with van der Waals surface area (Å²) in [7, 11) is 0. The van der Waals surface area contributed by atoms with E-state index < -0.39 is 12.3 Å². The quantitative estimate of drug-likeness (QED) is 0.449. The first-order valence-corrected chi connectivity index (χ1v) is 8.86. The van der Waals surface area contributed by atoms with Gasteiger partial charge in [0.2, 0.25) is 5.95 Å². The summed E-state index contributed by atoms with van der Waals surface area (Å²) in [6.07, 6.45) is 1.60. The Bertz CT molecular complexity index is 1330. The van der Waals surface area contributed by atoms with Crippen LogP contribution in [0.3, 0.4) is 0 Å². The fraction of sp³-hybridized carbons (Fsp3) is 0.0500. The molecule has 0 amide bonds. The summed E-state index contributed by atoms with van der Waals surface area (Å²) >= 11 is 0. The average molecular weight is 405 g/mol. The molecule has 0 saturated carbocycles. The molecule has 3 aromatic heterocycles. The van der Waals surface area contributed by atoms with Crippen LogP contribution in [-0.4, -0.2) is 29.7 Å². The van der Waals surface area contributed by atoms with E-state index in [4.69, 9.17) is 10.2 Å². The maximum atomic E-state index is 12.6. The Balaban J connectivity index is 1.56. The molecule has 0 spiro atoms. The number of fused-ring (bicyclic) bond motifs is 1. The van der Waals surface area contributed by atoms with Crippen LogP contribution in [0, 0.1) is 0 Å². The van der Waals surface area contributed by atoms with E-state index in [1.807, 2.05) is 36.4 Å². The topological polar surface area (TPSA) is 109 Å². The molecule has 30 heavy (non-hydrogen) atoms. The van der Waals surface area contributed by atoms with Crippen molar-refractivity contribution in [2.45, 2.75) is 6.43 Å². The summed E-state index contributed by atoms with van der Waals surface area (Å²) in [6, 6.07) is 13.5. The van der Waals surface area contributed by atoms with Gasteiger partial charge in [0.05, 0.1) is 16.6 Å². The van der Waals surface area contributed by atoms with Crippen molar-refractivity contribution in [1.82, 2.24) is 29.7 Å². The molecular formula is C20H13F2N7O. The number of nitrogen functional groups attached to an aromatic ring is 1. The Morgan fingerprint density at radius 2 is 1.70 bits per heavy atom. The van der Waals surface area contributed by atoms with Gasteiger partial charge in [0, 0.05) is 23.6 Å². The summed E-state index contributed by atoms with van der Waals surface area (Å²) in [5, 5.41) is 6.90. The van der Waals surface area contributed by atoms with Crippen LogP contribution in [0.5, 0.6) is 0 Å². The summed E-state index contributed by atoms with van der Waals surface area (Å²) in [6.45, 7) is 0. The number of hydrogen-bond acceptors (Lipinski definition) is 7. The van der Waals surface area contributed by atoms with Crippen molar-refractivity contribution in [3.8, 4) is 28.5 Å². The summed E-state index contributed by atoms with van der Waals surface area (Å²) in [5.74, 6) is -0.499. The maximum Gasteiger partial charge on any atom is 0.314 e. The predicted octanol–water partition coefficient (Wildman–Crippen LogP) is 4.05. The highest BCUT2D eigenvalue weighted by molar-refractivity contribution is 5.95. The molecule has 0 aliphatic heterocycles. The maximum absolute atomic E-state index is 12.6. The zero-order chi connectivity index (χ0) is 20.7. The zero-order valence-electron chi connectivity index (χ0n) is 15.3. The van der Waals surface area contributed by atoms with E-state index in [0.717, 1.165) is 22.2 Å². The molecule has 10 heteroatoms. The highest BCUT2D eigenvalue weighted by Crippen LogP contribution is 2.31. The SMILES string of the molecule is Nc1cc(-c2ccccc2)c2ncn(-c3ncc(-c4nnc(C(F)F)o4)cn3)c2c1. The minimum absolute atomic E-state index is 0.0806. The average Bonchev–Trinajstić information content (AvgIpc) is 3.42. The number of alkyl halides is 2. The van der Waals surface area contributed by atoms with Crippen LogP contribution >= 0.6 is 0 Å². The third-order valence-electron chi connectivity index (χ3n) is 4.49. The normalized spacial score (nSPS) is 11.4. The first kappa shape index (κ1) is 17.9. The van der Waals surface area contributed by atoms with Crippen LogP contribution in [0.2, 0.25) is 0 Å². The Morgan fingerprint density at radius 3 is 2.40 bits per heavy atom. The monoisotopic (exact) mass is 405 g/mol. The molecular weight excluding hydrogens is 392 g/mol. The molecule has 0 radical (unpaired) electrons. The van der Waals surface area contributed by atoms with E-state index in [-0.39, 0.29) is 5.89 Å². The van der Waals surface area contributed by atoms with E-state index in [1.165, 1.54) is 12.4 Å². The van der Waals surface area contributed by atoms with Gasteiger partial charge < -0.3 is 10.2 Å². The smallest absolute Gasteiger partial charge is 0.314 e.